The highest BCUT2D eigenvalue weighted by atomic mass is 16.4. The zero-order valence-electron chi connectivity index (χ0n) is 12.5. The van der Waals surface area contributed by atoms with Crippen molar-refractivity contribution in [3.8, 4) is 0 Å². The Labute approximate surface area is 119 Å². The molecule has 0 bridgehead atoms. The van der Waals surface area contributed by atoms with Crippen LogP contribution in [-0.4, -0.2) is 42.1 Å². The van der Waals surface area contributed by atoms with E-state index in [0.29, 0.717) is 18.9 Å². The summed E-state index contributed by atoms with van der Waals surface area (Å²) in [5.41, 5.74) is 0. The van der Waals surface area contributed by atoms with Gasteiger partial charge in [0.05, 0.1) is 6.54 Å². The normalized spacial score (nSPS) is 13.4. The molecule has 0 aromatic rings. The summed E-state index contributed by atoms with van der Waals surface area (Å²) in [6.07, 6.45) is 0.631. The summed E-state index contributed by atoms with van der Waals surface area (Å²) in [5, 5.41) is 16.4. The minimum atomic E-state index is -1.08. The van der Waals surface area contributed by atoms with Gasteiger partial charge in [-0.25, -0.2) is 9.59 Å². The number of aliphatic carboxylic acids is 1. The van der Waals surface area contributed by atoms with E-state index < -0.39 is 18.0 Å². The summed E-state index contributed by atoms with van der Waals surface area (Å²) in [7, 11) is 0. The number of nitrogens with one attached hydrogen (secondary N) is 3. The van der Waals surface area contributed by atoms with Crippen LogP contribution in [0.5, 0.6) is 0 Å². The Balaban J connectivity index is 4.14. The van der Waals surface area contributed by atoms with Crippen molar-refractivity contribution in [1.29, 1.82) is 0 Å². The molecule has 0 aromatic heterocycles. The van der Waals surface area contributed by atoms with Crippen molar-refractivity contribution in [3.63, 3.8) is 0 Å². The predicted molar refractivity (Wildman–Crippen MR) is 75.3 cm³/mol. The highest BCUT2D eigenvalue weighted by Gasteiger charge is 2.25. The van der Waals surface area contributed by atoms with E-state index in [1.807, 2.05) is 20.8 Å². The molecule has 0 aliphatic carbocycles. The number of hydrogen-bond acceptors (Lipinski definition) is 3. The van der Waals surface area contributed by atoms with Gasteiger partial charge in [-0.3, -0.25) is 4.79 Å². The van der Waals surface area contributed by atoms with Crippen molar-refractivity contribution in [2.75, 3.05) is 13.1 Å². The Hall–Kier alpha value is -1.79. The molecule has 0 heterocycles. The SMILES string of the molecule is CCC(C)C(NC(=O)NCC(=O)NCC(C)C)C(=O)O. The van der Waals surface area contributed by atoms with Crippen LogP contribution in [0.2, 0.25) is 0 Å². The van der Waals surface area contributed by atoms with E-state index in [0.717, 1.165) is 0 Å². The van der Waals surface area contributed by atoms with Gasteiger partial charge in [0.15, 0.2) is 0 Å². The van der Waals surface area contributed by atoms with Crippen LogP contribution in [-0.2, 0) is 9.59 Å². The van der Waals surface area contributed by atoms with Crippen LogP contribution in [0.15, 0.2) is 0 Å². The van der Waals surface area contributed by atoms with Crippen LogP contribution in [0.3, 0.4) is 0 Å². The maximum absolute atomic E-state index is 11.6. The average molecular weight is 287 g/mol. The second-order valence-corrected chi connectivity index (χ2v) is 5.23. The summed E-state index contributed by atoms with van der Waals surface area (Å²) in [6, 6.07) is -1.61. The van der Waals surface area contributed by atoms with Gasteiger partial charge < -0.3 is 21.1 Å². The van der Waals surface area contributed by atoms with E-state index in [4.69, 9.17) is 5.11 Å². The molecule has 0 aliphatic rings. The van der Waals surface area contributed by atoms with Crippen molar-refractivity contribution in [1.82, 2.24) is 16.0 Å². The minimum absolute atomic E-state index is 0.175. The van der Waals surface area contributed by atoms with Crippen molar-refractivity contribution in [2.24, 2.45) is 11.8 Å². The fourth-order valence-corrected chi connectivity index (χ4v) is 1.42. The number of rotatable bonds is 8. The lowest BCUT2D eigenvalue weighted by Crippen LogP contribution is -2.50. The third kappa shape index (κ3) is 7.60. The van der Waals surface area contributed by atoms with Crippen LogP contribution >= 0.6 is 0 Å². The quantitative estimate of drug-likeness (QED) is 0.523. The molecular weight excluding hydrogens is 262 g/mol. The van der Waals surface area contributed by atoms with E-state index in [9.17, 15) is 14.4 Å². The lowest BCUT2D eigenvalue weighted by Gasteiger charge is -2.20. The first-order valence-corrected chi connectivity index (χ1v) is 6.81. The molecular formula is C13H25N3O4. The topological polar surface area (TPSA) is 108 Å². The molecule has 20 heavy (non-hydrogen) atoms. The summed E-state index contributed by atoms with van der Waals surface area (Å²) in [4.78, 5) is 34.0. The number of carboxylic acids is 1. The van der Waals surface area contributed by atoms with Gasteiger partial charge in [-0.2, -0.15) is 0 Å². The maximum atomic E-state index is 11.6. The lowest BCUT2D eigenvalue weighted by molar-refractivity contribution is -0.140. The molecule has 0 fully saturated rings. The smallest absolute Gasteiger partial charge is 0.326 e. The van der Waals surface area contributed by atoms with Crippen LogP contribution in [0.1, 0.15) is 34.1 Å². The second kappa shape index (κ2) is 9.17. The van der Waals surface area contributed by atoms with Gasteiger partial charge in [0, 0.05) is 6.54 Å². The number of carbonyl (C=O) groups is 3. The first kappa shape index (κ1) is 18.2. The molecule has 0 rings (SSSR count). The maximum Gasteiger partial charge on any atom is 0.326 e. The molecule has 7 heteroatoms. The molecule has 0 saturated carbocycles. The number of hydrogen-bond donors (Lipinski definition) is 4. The van der Waals surface area contributed by atoms with Crippen molar-refractivity contribution < 1.29 is 19.5 Å². The van der Waals surface area contributed by atoms with Crippen LogP contribution in [0.25, 0.3) is 0 Å². The Kier molecular flexibility index (Phi) is 8.35. The third-order valence-corrected chi connectivity index (χ3v) is 2.88. The molecule has 0 aliphatic heterocycles. The molecule has 4 N–H and O–H groups in total. The van der Waals surface area contributed by atoms with Gasteiger partial charge in [-0.05, 0) is 11.8 Å². The standard InChI is InChI=1S/C13H25N3O4/c1-5-9(4)11(12(18)19)16-13(20)15-7-10(17)14-6-8(2)3/h8-9,11H,5-7H2,1-4H3,(H,14,17)(H,18,19)(H2,15,16,20). The Morgan fingerprint density at radius 1 is 1.10 bits per heavy atom. The largest absolute Gasteiger partial charge is 0.480 e. The number of carboxylic acid groups (broad SMARTS) is 1. The molecule has 2 unspecified atom stereocenters. The van der Waals surface area contributed by atoms with Gasteiger partial charge in [0.25, 0.3) is 0 Å². The number of amides is 3. The average Bonchev–Trinajstić information content (AvgIpc) is 2.38. The molecule has 7 nitrogen and oxygen atoms in total. The molecule has 0 saturated heterocycles. The summed E-state index contributed by atoms with van der Waals surface area (Å²) in [5.74, 6) is -1.24. The van der Waals surface area contributed by atoms with E-state index in [-0.39, 0.29) is 18.4 Å². The van der Waals surface area contributed by atoms with Gasteiger partial charge in [0.1, 0.15) is 6.04 Å². The molecule has 0 aromatic carbocycles. The zero-order chi connectivity index (χ0) is 15.7. The Bertz CT molecular complexity index is 345. The van der Waals surface area contributed by atoms with E-state index in [1.165, 1.54) is 0 Å². The van der Waals surface area contributed by atoms with Crippen LogP contribution in [0, 0.1) is 11.8 Å². The Morgan fingerprint density at radius 2 is 1.70 bits per heavy atom. The zero-order valence-corrected chi connectivity index (χ0v) is 12.5. The molecule has 0 radical (unpaired) electrons. The molecule has 116 valence electrons. The minimum Gasteiger partial charge on any atom is -0.480 e. The number of urea groups is 1. The van der Waals surface area contributed by atoms with Gasteiger partial charge >= 0.3 is 12.0 Å². The summed E-state index contributed by atoms with van der Waals surface area (Å²) in [6.45, 7) is 7.88. The Morgan fingerprint density at radius 3 is 2.15 bits per heavy atom. The van der Waals surface area contributed by atoms with Crippen molar-refractivity contribution in [2.45, 2.75) is 40.2 Å². The third-order valence-electron chi connectivity index (χ3n) is 2.88. The van der Waals surface area contributed by atoms with E-state index >= 15 is 0 Å². The fourth-order valence-electron chi connectivity index (χ4n) is 1.42. The van der Waals surface area contributed by atoms with Gasteiger partial charge in [0.2, 0.25) is 5.91 Å². The second-order valence-electron chi connectivity index (χ2n) is 5.23. The lowest BCUT2D eigenvalue weighted by atomic mass is 9.99. The molecule has 2 atom stereocenters. The van der Waals surface area contributed by atoms with Crippen LogP contribution in [0.4, 0.5) is 4.79 Å². The van der Waals surface area contributed by atoms with E-state index in [1.54, 1.807) is 6.92 Å². The highest BCUT2D eigenvalue weighted by Crippen LogP contribution is 2.07. The molecule has 0 spiro atoms. The monoisotopic (exact) mass is 287 g/mol. The summed E-state index contributed by atoms with van der Waals surface area (Å²) < 4.78 is 0. The summed E-state index contributed by atoms with van der Waals surface area (Å²) >= 11 is 0. The molecule has 3 amide bonds. The van der Waals surface area contributed by atoms with E-state index in [2.05, 4.69) is 16.0 Å². The highest BCUT2D eigenvalue weighted by molar-refractivity contribution is 5.86. The van der Waals surface area contributed by atoms with Crippen LogP contribution < -0.4 is 16.0 Å². The fraction of sp³-hybridized carbons (Fsp3) is 0.769. The van der Waals surface area contributed by atoms with Gasteiger partial charge in [-0.15, -0.1) is 0 Å². The van der Waals surface area contributed by atoms with Crippen molar-refractivity contribution in [3.05, 3.63) is 0 Å². The first-order chi connectivity index (χ1) is 9.27. The predicted octanol–water partition coefficient (Wildman–Crippen LogP) is 0.557. The number of carbonyl (C=O) groups excluding carboxylic acids is 2. The van der Waals surface area contributed by atoms with Crippen molar-refractivity contribution >= 4 is 17.9 Å². The first-order valence-electron chi connectivity index (χ1n) is 6.81. The van der Waals surface area contributed by atoms with Gasteiger partial charge in [-0.1, -0.05) is 34.1 Å².